The molecule has 0 aliphatic heterocycles. The second kappa shape index (κ2) is 12.9. The molecule has 9 heteroatoms. The monoisotopic (exact) mass is 479 g/mol. The molecule has 0 bridgehead atoms. The van der Waals surface area contributed by atoms with Gasteiger partial charge in [0.25, 0.3) is 5.91 Å². The average molecular weight is 480 g/mol. The molecule has 0 aromatic heterocycles. The van der Waals surface area contributed by atoms with Crippen LogP contribution in [0.15, 0.2) is 71.8 Å². The van der Waals surface area contributed by atoms with Crippen LogP contribution >= 0.6 is 0 Å². The van der Waals surface area contributed by atoms with E-state index in [2.05, 4.69) is 16.8 Å². The molecule has 0 atom stereocenters. The number of hydrogen-bond acceptors (Lipinski definition) is 7. The molecule has 2 aromatic carbocycles. The number of sulfone groups is 1. The number of hydrogen-bond donors (Lipinski definition) is 1. The van der Waals surface area contributed by atoms with Gasteiger partial charge in [-0.25, -0.2) is 8.42 Å². The van der Waals surface area contributed by atoms with E-state index in [1.54, 1.807) is 37.4 Å². The van der Waals surface area contributed by atoms with Crippen molar-refractivity contribution in [2.75, 3.05) is 29.1 Å². The summed E-state index contributed by atoms with van der Waals surface area (Å²) in [6.07, 6.45) is 10.4. The van der Waals surface area contributed by atoms with Gasteiger partial charge in [-0.05, 0) is 60.7 Å². The summed E-state index contributed by atoms with van der Waals surface area (Å²) in [7, 11) is -3.34. The molecule has 0 fully saturated rings. The first-order chi connectivity index (χ1) is 16.3. The lowest BCUT2D eigenvalue weighted by molar-refractivity contribution is -0.233. The maximum Gasteiger partial charge on any atom is 0.266 e. The summed E-state index contributed by atoms with van der Waals surface area (Å²) in [6, 6.07) is 14.9. The van der Waals surface area contributed by atoms with Gasteiger partial charge >= 0.3 is 0 Å². The standard InChI is InChI=1S/C25H25N3O5S/c1-4-17-34(30,31)24-13-9-22(10-14-24)27-25(29)21(19-26)18-20-7-11-23(12-8-20)28(5-2)15-16-33-32-6-3/h3,5,7-14,18H,2,4,15-17H2,1H3,(H,27,29). The molecule has 2 rings (SSSR count). The average Bonchev–Trinajstić information content (AvgIpc) is 2.83. The van der Waals surface area contributed by atoms with E-state index in [4.69, 9.17) is 11.3 Å². The van der Waals surface area contributed by atoms with Gasteiger partial charge in [0.2, 0.25) is 0 Å². The number of benzene rings is 2. The Hall–Kier alpha value is -4.05. The number of rotatable bonds is 12. The van der Waals surface area contributed by atoms with Crippen molar-refractivity contribution in [3.63, 3.8) is 0 Å². The molecule has 176 valence electrons. The van der Waals surface area contributed by atoms with Crippen LogP contribution in [-0.2, 0) is 24.4 Å². The molecular weight excluding hydrogens is 454 g/mol. The summed E-state index contributed by atoms with van der Waals surface area (Å²) in [4.78, 5) is 23.7. The number of amides is 1. The molecule has 0 aliphatic rings. The van der Waals surface area contributed by atoms with Gasteiger partial charge in [0, 0.05) is 11.4 Å². The molecule has 0 saturated carbocycles. The van der Waals surface area contributed by atoms with Crippen molar-refractivity contribution < 1.29 is 23.0 Å². The van der Waals surface area contributed by atoms with Crippen LogP contribution < -0.4 is 10.2 Å². The zero-order chi connectivity index (χ0) is 25.0. The van der Waals surface area contributed by atoms with E-state index in [1.807, 2.05) is 17.1 Å². The quantitative estimate of drug-likeness (QED) is 0.123. The van der Waals surface area contributed by atoms with Crippen LogP contribution in [0.1, 0.15) is 18.9 Å². The molecule has 0 radical (unpaired) electrons. The van der Waals surface area contributed by atoms with Crippen LogP contribution in [0.5, 0.6) is 0 Å². The fourth-order valence-corrected chi connectivity index (χ4v) is 4.27. The number of anilines is 2. The summed E-state index contributed by atoms with van der Waals surface area (Å²) in [5.41, 5.74) is 1.75. The molecule has 34 heavy (non-hydrogen) atoms. The van der Waals surface area contributed by atoms with Crippen molar-refractivity contribution in [2.45, 2.75) is 18.2 Å². The highest BCUT2D eigenvalue weighted by atomic mass is 32.2. The predicted molar refractivity (Wildman–Crippen MR) is 131 cm³/mol. The van der Waals surface area contributed by atoms with Crippen LogP contribution in [0.2, 0.25) is 0 Å². The van der Waals surface area contributed by atoms with E-state index < -0.39 is 15.7 Å². The number of terminal acetylenes is 1. The van der Waals surface area contributed by atoms with E-state index in [1.165, 1.54) is 30.3 Å². The van der Waals surface area contributed by atoms with Crippen molar-refractivity contribution in [3.05, 3.63) is 72.4 Å². The van der Waals surface area contributed by atoms with Crippen molar-refractivity contribution in [3.8, 4) is 18.6 Å². The smallest absolute Gasteiger partial charge is 0.266 e. The maximum atomic E-state index is 12.5. The number of nitrogens with one attached hydrogen (secondary N) is 1. The molecule has 1 N–H and O–H groups in total. The van der Waals surface area contributed by atoms with Gasteiger partial charge < -0.3 is 10.2 Å². The van der Waals surface area contributed by atoms with Gasteiger partial charge in [-0.1, -0.05) is 32.1 Å². The number of nitrogens with zero attached hydrogens (tertiary/aromatic N) is 2. The zero-order valence-corrected chi connectivity index (χ0v) is 19.5. The fraction of sp³-hybridized carbons (Fsp3) is 0.200. The first-order valence-corrected chi connectivity index (χ1v) is 12.0. The summed E-state index contributed by atoms with van der Waals surface area (Å²) >= 11 is 0. The molecule has 8 nitrogen and oxygen atoms in total. The van der Waals surface area contributed by atoms with E-state index in [9.17, 15) is 18.5 Å². The van der Waals surface area contributed by atoms with Gasteiger partial charge in [0.05, 0.1) is 17.2 Å². The molecule has 0 saturated heterocycles. The van der Waals surface area contributed by atoms with E-state index in [0.29, 0.717) is 24.2 Å². The van der Waals surface area contributed by atoms with Gasteiger partial charge in [-0.3, -0.25) is 9.68 Å². The number of nitriles is 1. The first-order valence-electron chi connectivity index (χ1n) is 10.3. The Morgan fingerprint density at radius 1 is 1.21 bits per heavy atom. The van der Waals surface area contributed by atoms with Crippen LogP contribution in [-0.4, -0.2) is 33.2 Å². The van der Waals surface area contributed by atoms with Crippen molar-refractivity contribution in [1.82, 2.24) is 0 Å². The van der Waals surface area contributed by atoms with Gasteiger partial charge in [0.15, 0.2) is 15.9 Å². The Bertz CT molecular complexity index is 1210. The Kier molecular flexibility index (Phi) is 9.90. The molecule has 2 aromatic rings. The normalized spacial score (nSPS) is 11.1. The Balaban J connectivity index is 2.08. The van der Waals surface area contributed by atoms with Gasteiger partial charge in [-0.15, -0.1) is 0 Å². The van der Waals surface area contributed by atoms with E-state index in [0.717, 1.165) is 5.69 Å². The minimum absolute atomic E-state index is 0.0529. The first kappa shape index (κ1) is 26.2. The lowest BCUT2D eigenvalue weighted by Gasteiger charge is -2.19. The largest absolute Gasteiger partial charge is 0.346 e. The maximum absolute atomic E-state index is 12.5. The Morgan fingerprint density at radius 2 is 1.88 bits per heavy atom. The molecule has 0 heterocycles. The zero-order valence-electron chi connectivity index (χ0n) is 18.7. The third-order valence-corrected chi connectivity index (χ3v) is 6.52. The van der Waals surface area contributed by atoms with Gasteiger partial charge in [0.1, 0.15) is 18.2 Å². The highest BCUT2D eigenvalue weighted by molar-refractivity contribution is 7.91. The third-order valence-electron chi connectivity index (χ3n) is 4.59. The highest BCUT2D eigenvalue weighted by Gasteiger charge is 2.14. The Morgan fingerprint density at radius 3 is 2.44 bits per heavy atom. The van der Waals surface area contributed by atoms with Crippen molar-refractivity contribution in [2.24, 2.45) is 0 Å². The van der Waals surface area contributed by atoms with Crippen LogP contribution in [0.4, 0.5) is 11.4 Å². The topological polar surface area (TPSA) is 109 Å². The van der Waals surface area contributed by atoms with Crippen LogP contribution in [0.25, 0.3) is 6.08 Å². The minimum atomic E-state index is -3.34. The molecule has 0 unspecified atom stereocenters. The number of carbonyl (C=O) groups is 1. The summed E-state index contributed by atoms with van der Waals surface area (Å²) in [5.74, 6) is -0.550. The SMILES string of the molecule is C#COOCCN(C=C)c1ccc(C=C(C#N)C(=O)Nc2ccc(S(=O)(=O)CCC)cc2)cc1. The molecule has 1 amide bonds. The minimum Gasteiger partial charge on any atom is -0.346 e. The van der Waals surface area contributed by atoms with Crippen molar-refractivity contribution >= 4 is 33.2 Å². The van der Waals surface area contributed by atoms with E-state index in [-0.39, 0.29) is 22.8 Å². The molecule has 0 aliphatic carbocycles. The second-order valence-corrected chi connectivity index (χ2v) is 9.07. The fourth-order valence-electron chi connectivity index (χ4n) is 2.94. The van der Waals surface area contributed by atoms with Crippen LogP contribution in [0, 0.1) is 23.9 Å². The summed E-state index contributed by atoms with van der Waals surface area (Å²) in [5, 5.41) is 12.1. The lowest BCUT2D eigenvalue weighted by atomic mass is 10.1. The van der Waals surface area contributed by atoms with Gasteiger partial charge in [-0.2, -0.15) is 10.1 Å². The molecule has 0 spiro atoms. The highest BCUT2D eigenvalue weighted by Crippen LogP contribution is 2.19. The van der Waals surface area contributed by atoms with E-state index >= 15 is 0 Å². The Labute approximate surface area is 199 Å². The van der Waals surface area contributed by atoms with Crippen molar-refractivity contribution in [1.29, 1.82) is 5.26 Å². The second-order valence-electron chi connectivity index (χ2n) is 6.96. The summed E-state index contributed by atoms with van der Waals surface area (Å²) in [6.45, 7) is 6.22. The third kappa shape index (κ3) is 7.52. The number of carbonyl (C=O) groups excluding carboxylic acids is 1. The summed E-state index contributed by atoms with van der Waals surface area (Å²) < 4.78 is 24.2. The van der Waals surface area contributed by atoms with Crippen LogP contribution in [0.3, 0.4) is 0 Å². The predicted octanol–water partition coefficient (Wildman–Crippen LogP) is 3.90. The lowest BCUT2D eigenvalue weighted by Crippen LogP contribution is -2.21. The molecular formula is C25H25N3O5S.